The van der Waals surface area contributed by atoms with E-state index in [1.807, 2.05) is 0 Å². The quantitative estimate of drug-likeness (QED) is 0.769. The van der Waals surface area contributed by atoms with Crippen LogP contribution in [0.1, 0.15) is 50.3 Å². The molecular weight excluding hydrogens is 232 g/mol. The maximum atomic E-state index is 3.63. The molecule has 1 aromatic carbocycles. The second-order valence-corrected chi connectivity index (χ2v) is 5.67. The zero-order chi connectivity index (χ0) is 13.7. The summed E-state index contributed by atoms with van der Waals surface area (Å²) >= 11 is 0. The molecule has 106 valence electrons. The van der Waals surface area contributed by atoms with Gasteiger partial charge in [-0.2, -0.15) is 0 Å². The van der Waals surface area contributed by atoms with Crippen LogP contribution in [-0.4, -0.2) is 30.6 Å². The Bertz CT molecular complexity index is 367. The van der Waals surface area contributed by atoms with Crippen LogP contribution < -0.4 is 5.32 Å². The lowest BCUT2D eigenvalue weighted by Crippen LogP contribution is -2.31. The van der Waals surface area contributed by atoms with Crippen LogP contribution in [0.25, 0.3) is 0 Å². The van der Waals surface area contributed by atoms with Crippen LogP contribution in [0, 0.1) is 6.92 Å². The molecule has 0 aromatic heterocycles. The normalized spacial score (nSPS) is 16.8. The standard InChI is InChI=1S/C17H28N2/c1-4-18-17(15-8-6-14(3)7-9-15)12-13-19(5-2)16-10-11-16/h6-9,16-18H,4-5,10-13H2,1-3H3. The number of aryl methyl sites for hydroxylation is 1. The van der Waals surface area contributed by atoms with Crippen LogP contribution >= 0.6 is 0 Å². The highest BCUT2D eigenvalue weighted by atomic mass is 15.2. The fourth-order valence-corrected chi connectivity index (χ4v) is 2.77. The summed E-state index contributed by atoms with van der Waals surface area (Å²) in [6, 6.07) is 10.4. The number of hydrogen-bond donors (Lipinski definition) is 1. The molecule has 0 aliphatic heterocycles. The third-order valence-electron chi connectivity index (χ3n) is 4.10. The lowest BCUT2D eigenvalue weighted by atomic mass is 10.0. The van der Waals surface area contributed by atoms with Gasteiger partial charge in [0.05, 0.1) is 0 Å². The molecule has 1 N–H and O–H groups in total. The average Bonchev–Trinajstić information content (AvgIpc) is 3.24. The number of rotatable bonds is 8. The minimum atomic E-state index is 0.499. The largest absolute Gasteiger partial charge is 0.310 e. The number of nitrogens with zero attached hydrogens (tertiary/aromatic N) is 1. The van der Waals surface area contributed by atoms with Gasteiger partial charge in [0.1, 0.15) is 0 Å². The van der Waals surface area contributed by atoms with Crippen molar-refractivity contribution in [3.05, 3.63) is 35.4 Å². The van der Waals surface area contributed by atoms with E-state index >= 15 is 0 Å². The lowest BCUT2D eigenvalue weighted by molar-refractivity contribution is 0.260. The van der Waals surface area contributed by atoms with Crippen molar-refractivity contribution in [1.82, 2.24) is 10.2 Å². The highest BCUT2D eigenvalue weighted by Crippen LogP contribution is 2.28. The first-order valence-corrected chi connectivity index (χ1v) is 7.78. The summed E-state index contributed by atoms with van der Waals surface area (Å²) in [5.74, 6) is 0. The van der Waals surface area contributed by atoms with Gasteiger partial charge in [-0.15, -0.1) is 0 Å². The topological polar surface area (TPSA) is 15.3 Å². The van der Waals surface area contributed by atoms with E-state index in [0.29, 0.717) is 6.04 Å². The van der Waals surface area contributed by atoms with Crippen molar-refractivity contribution in [2.75, 3.05) is 19.6 Å². The van der Waals surface area contributed by atoms with E-state index in [1.54, 1.807) is 0 Å². The molecule has 1 atom stereocenters. The summed E-state index contributed by atoms with van der Waals surface area (Å²) in [6.45, 7) is 10.1. The average molecular weight is 260 g/mol. The molecule has 1 aliphatic rings. The van der Waals surface area contributed by atoms with Crippen LogP contribution in [0.4, 0.5) is 0 Å². The molecule has 0 radical (unpaired) electrons. The zero-order valence-electron chi connectivity index (χ0n) is 12.7. The Labute approximate surface area is 118 Å². The van der Waals surface area contributed by atoms with E-state index < -0.39 is 0 Å². The third kappa shape index (κ3) is 4.32. The van der Waals surface area contributed by atoms with Gasteiger partial charge in [-0.3, -0.25) is 0 Å². The van der Waals surface area contributed by atoms with Gasteiger partial charge in [0.15, 0.2) is 0 Å². The van der Waals surface area contributed by atoms with Crippen LogP contribution in [0.15, 0.2) is 24.3 Å². The predicted molar refractivity (Wildman–Crippen MR) is 82.5 cm³/mol. The number of nitrogens with one attached hydrogen (secondary N) is 1. The first-order chi connectivity index (χ1) is 9.24. The summed E-state index contributed by atoms with van der Waals surface area (Å²) in [6.07, 6.45) is 4.02. The molecule has 2 heteroatoms. The van der Waals surface area contributed by atoms with Crippen molar-refractivity contribution in [1.29, 1.82) is 0 Å². The van der Waals surface area contributed by atoms with E-state index in [0.717, 1.165) is 12.6 Å². The molecule has 1 unspecified atom stereocenters. The summed E-state index contributed by atoms with van der Waals surface area (Å²) in [5, 5.41) is 3.63. The van der Waals surface area contributed by atoms with E-state index in [4.69, 9.17) is 0 Å². The molecule has 1 aromatic rings. The summed E-state index contributed by atoms with van der Waals surface area (Å²) in [4.78, 5) is 2.64. The van der Waals surface area contributed by atoms with Gasteiger partial charge in [0.2, 0.25) is 0 Å². The lowest BCUT2D eigenvalue weighted by Gasteiger charge is -2.24. The highest BCUT2D eigenvalue weighted by Gasteiger charge is 2.27. The molecule has 0 amide bonds. The Morgan fingerprint density at radius 1 is 1.21 bits per heavy atom. The second kappa shape index (κ2) is 7.06. The maximum absolute atomic E-state index is 3.63. The van der Waals surface area contributed by atoms with Crippen molar-refractivity contribution in [2.45, 2.75) is 52.1 Å². The Kier molecular flexibility index (Phi) is 5.41. The van der Waals surface area contributed by atoms with Crippen molar-refractivity contribution in [3.8, 4) is 0 Å². The number of hydrogen-bond acceptors (Lipinski definition) is 2. The molecule has 1 aliphatic carbocycles. The first kappa shape index (κ1) is 14.5. The van der Waals surface area contributed by atoms with Gasteiger partial charge in [0.25, 0.3) is 0 Å². The van der Waals surface area contributed by atoms with Crippen molar-refractivity contribution < 1.29 is 0 Å². The third-order valence-corrected chi connectivity index (χ3v) is 4.10. The second-order valence-electron chi connectivity index (χ2n) is 5.67. The number of benzene rings is 1. The zero-order valence-corrected chi connectivity index (χ0v) is 12.7. The monoisotopic (exact) mass is 260 g/mol. The fourth-order valence-electron chi connectivity index (χ4n) is 2.77. The van der Waals surface area contributed by atoms with Crippen LogP contribution in [0.2, 0.25) is 0 Å². The van der Waals surface area contributed by atoms with Crippen molar-refractivity contribution >= 4 is 0 Å². The van der Waals surface area contributed by atoms with Crippen LogP contribution in [0.5, 0.6) is 0 Å². The highest BCUT2D eigenvalue weighted by molar-refractivity contribution is 5.24. The Hall–Kier alpha value is -0.860. The molecule has 2 rings (SSSR count). The van der Waals surface area contributed by atoms with Crippen molar-refractivity contribution in [2.24, 2.45) is 0 Å². The van der Waals surface area contributed by atoms with Gasteiger partial charge in [0, 0.05) is 18.6 Å². The van der Waals surface area contributed by atoms with E-state index in [-0.39, 0.29) is 0 Å². The maximum Gasteiger partial charge on any atom is 0.0332 e. The Morgan fingerprint density at radius 3 is 2.42 bits per heavy atom. The Balaban J connectivity index is 1.93. The Morgan fingerprint density at radius 2 is 1.89 bits per heavy atom. The van der Waals surface area contributed by atoms with E-state index in [1.165, 1.54) is 43.5 Å². The van der Waals surface area contributed by atoms with Gasteiger partial charge < -0.3 is 10.2 Å². The first-order valence-electron chi connectivity index (χ1n) is 7.78. The molecule has 0 saturated heterocycles. The summed E-state index contributed by atoms with van der Waals surface area (Å²) < 4.78 is 0. The minimum absolute atomic E-state index is 0.499. The smallest absolute Gasteiger partial charge is 0.0332 e. The van der Waals surface area contributed by atoms with Gasteiger partial charge >= 0.3 is 0 Å². The van der Waals surface area contributed by atoms with Gasteiger partial charge in [-0.25, -0.2) is 0 Å². The molecular formula is C17H28N2. The van der Waals surface area contributed by atoms with Gasteiger partial charge in [-0.05, 0) is 44.8 Å². The molecule has 0 bridgehead atoms. The molecule has 1 fully saturated rings. The van der Waals surface area contributed by atoms with Gasteiger partial charge in [-0.1, -0.05) is 43.7 Å². The minimum Gasteiger partial charge on any atom is -0.310 e. The van der Waals surface area contributed by atoms with Crippen molar-refractivity contribution in [3.63, 3.8) is 0 Å². The summed E-state index contributed by atoms with van der Waals surface area (Å²) in [7, 11) is 0. The molecule has 0 heterocycles. The summed E-state index contributed by atoms with van der Waals surface area (Å²) in [5.41, 5.74) is 2.77. The molecule has 19 heavy (non-hydrogen) atoms. The molecule has 1 saturated carbocycles. The van der Waals surface area contributed by atoms with Crippen LogP contribution in [0.3, 0.4) is 0 Å². The fraction of sp³-hybridized carbons (Fsp3) is 0.647. The predicted octanol–water partition coefficient (Wildman–Crippen LogP) is 3.52. The SMILES string of the molecule is CCNC(CCN(CC)C1CC1)c1ccc(C)cc1. The van der Waals surface area contributed by atoms with Crippen LogP contribution in [-0.2, 0) is 0 Å². The molecule has 2 nitrogen and oxygen atoms in total. The van der Waals surface area contributed by atoms with E-state index in [2.05, 4.69) is 55.3 Å². The van der Waals surface area contributed by atoms with E-state index in [9.17, 15) is 0 Å². The molecule has 0 spiro atoms.